The van der Waals surface area contributed by atoms with Crippen molar-refractivity contribution in [2.24, 2.45) is 0 Å². The second kappa shape index (κ2) is 6.05. The van der Waals surface area contributed by atoms with Crippen LogP contribution in [0.3, 0.4) is 0 Å². The number of nitro benzene ring substituents is 1. The zero-order chi connectivity index (χ0) is 16.4. The van der Waals surface area contributed by atoms with Crippen LogP contribution in [-0.4, -0.2) is 26.3 Å². The third-order valence-electron chi connectivity index (χ3n) is 2.73. The minimum Gasteiger partial charge on any atom is -0.507 e. The maximum Gasteiger partial charge on any atom is 0.301 e. The number of thioether (sulfide) groups is 1. The molecule has 0 bridgehead atoms. The van der Waals surface area contributed by atoms with E-state index in [1.54, 1.807) is 12.3 Å². The van der Waals surface area contributed by atoms with Gasteiger partial charge in [-0.1, -0.05) is 23.4 Å². The van der Waals surface area contributed by atoms with Crippen LogP contribution in [-0.2, 0) is 0 Å². The zero-order valence-corrected chi connectivity index (χ0v) is 12.5. The first-order chi connectivity index (χ1) is 10.4. The Kier molecular flexibility index (Phi) is 4.35. The minimum absolute atomic E-state index is 0.146. The van der Waals surface area contributed by atoms with Gasteiger partial charge in [-0.05, 0) is 18.4 Å². The molecule has 0 aliphatic carbocycles. The molecule has 22 heavy (non-hydrogen) atoms. The molecular weight excluding hydrogens is 332 g/mol. The topological polar surface area (TPSA) is 133 Å². The van der Waals surface area contributed by atoms with E-state index < -0.39 is 27.5 Å². The van der Waals surface area contributed by atoms with Crippen molar-refractivity contribution < 1.29 is 10.0 Å². The molecule has 0 radical (unpaired) electrons. The third-order valence-corrected chi connectivity index (χ3v) is 3.61. The second-order valence-electron chi connectivity index (χ2n) is 3.96. The van der Waals surface area contributed by atoms with Crippen molar-refractivity contribution in [3.8, 4) is 23.1 Å². The number of phenolic OH excluding ortho intramolecular Hbond substituents is 1. The van der Waals surface area contributed by atoms with Crippen molar-refractivity contribution in [3.05, 3.63) is 43.2 Å². The monoisotopic (exact) mass is 338 g/mol. The first kappa shape index (κ1) is 15.8. The van der Waals surface area contributed by atoms with Crippen LogP contribution in [0.4, 0.5) is 5.69 Å². The van der Waals surface area contributed by atoms with Gasteiger partial charge in [0, 0.05) is 0 Å². The summed E-state index contributed by atoms with van der Waals surface area (Å²) < 4.78 is 0. The molecule has 0 fully saturated rings. The van der Waals surface area contributed by atoms with Gasteiger partial charge in [0.05, 0.1) is 4.92 Å². The van der Waals surface area contributed by atoms with E-state index in [1.807, 2.05) is 0 Å². The second-order valence-corrected chi connectivity index (χ2v) is 5.16. The molecule has 0 spiro atoms. The Balaban J connectivity index is 2.97. The highest BCUT2D eigenvalue weighted by molar-refractivity contribution is 7.98. The fraction of sp³-hybridized carbons (Fsp3) is 0.0833. The number of benzene rings is 1. The van der Waals surface area contributed by atoms with Crippen molar-refractivity contribution in [1.29, 1.82) is 5.26 Å². The smallest absolute Gasteiger partial charge is 0.301 e. The number of hydrogen-bond acceptors (Lipinski definition) is 7. The number of nitrogens with one attached hydrogen (secondary N) is 1. The maximum atomic E-state index is 11.9. The van der Waals surface area contributed by atoms with E-state index in [1.165, 1.54) is 0 Å². The van der Waals surface area contributed by atoms with Crippen LogP contribution in [0, 0.1) is 21.4 Å². The van der Waals surface area contributed by atoms with Crippen molar-refractivity contribution in [2.75, 3.05) is 6.26 Å². The van der Waals surface area contributed by atoms with Crippen LogP contribution in [0.5, 0.6) is 5.75 Å². The summed E-state index contributed by atoms with van der Waals surface area (Å²) >= 11 is 6.88. The molecule has 1 heterocycles. The number of aromatic nitrogens is 2. The van der Waals surface area contributed by atoms with Gasteiger partial charge in [-0.15, -0.1) is 0 Å². The normalized spacial score (nSPS) is 10.2. The number of aromatic amines is 1. The molecule has 2 rings (SSSR count). The number of halogens is 1. The zero-order valence-electron chi connectivity index (χ0n) is 11.0. The number of phenols is 1. The SMILES string of the molecule is CSc1nc(-c2c(O)ccc(Cl)c2[N+](=O)[O-])c(C#N)c(=O)[nH]1. The van der Waals surface area contributed by atoms with E-state index in [9.17, 15) is 20.0 Å². The number of nitrogens with zero attached hydrogens (tertiary/aromatic N) is 3. The summed E-state index contributed by atoms with van der Waals surface area (Å²) in [5.41, 5.74) is -2.48. The predicted molar refractivity (Wildman–Crippen MR) is 80.1 cm³/mol. The lowest BCUT2D eigenvalue weighted by molar-refractivity contribution is -0.384. The number of hydrogen-bond donors (Lipinski definition) is 2. The summed E-state index contributed by atoms with van der Waals surface area (Å²) in [5, 5.41) is 30.2. The molecule has 0 aliphatic heterocycles. The van der Waals surface area contributed by atoms with Gasteiger partial charge in [-0.3, -0.25) is 14.9 Å². The number of H-pyrrole nitrogens is 1. The molecule has 0 atom stereocenters. The molecule has 1 aromatic carbocycles. The van der Waals surface area contributed by atoms with Crippen molar-refractivity contribution in [1.82, 2.24) is 9.97 Å². The molecule has 1 aromatic heterocycles. The minimum atomic E-state index is -0.805. The molecule has 10 heteroatoms. The Bertz CT molecular complexity index is 875. The summed E-state index contributed by atoms with van der Waals surface area (Å²) in [6, 6.07) is 3.91. The Morgan fingerprint density at radius 1 is 1.55 bits per heavy atom. The molecular formula is C12H7ClN4O4S. The summed E-state index contributed by atoms with van der Waals surface area (Å²) in [6.07, 6.45) is 1.63. The quantitative estimate of drug-likeness (QED) is 0.379. The van der Waals surface area contributed by atoms with Crippen LogP contribution in [0.2, 0.25) is 5.02 Å². The van der Waals surface area contributed by atoms with E-state index in [0.717, 1.165) is 23.9 Å². The van der Waals surface area contributed by atoms with Gasteiger partial charge < -0.3 is 10.1 Å². The van der Waals surface area contributed by atoms with E-state index in [0.29, 0.717) is 0 Å². The average Bonchev–Trinajstić information content (AvgIpc) is 2.48. The fourth-order valence-corrected chi connectivity index (χ4v) is 2.40. The van der Waals surface area contributed by atoms with Crippen molar-refractivity contribution >= 4 is 29.1 Å². The van der Waals surface area contributed by atoms with Gasteiger partial charge >= 0.3 is 5.69 Å². The van der Waals surface area contributed by atoms with Crippen LogP contribution >= 0.6 is 23.4 Å². The van der Waals surface area contributed by atoms with Gasteiger partial charge in [-0.25, -0.2) is 4.98 Å². The fourth-order valence-electron chi connectivity index (χ4n) is 1.80. The van der Waals surface area contributed by atoms with Crippen LogP contribution < -0.4 is 5.56 Å². The molecule has 2 aromatic rings. The Morgan fingerprint density at radius 3 is 2.77 bits per heavy atom. The Labute approximate surface area is 132 Å². The number of nitriles is 1. The highest BCUT2D eigenvalue weighted by Crippen LogP contribution is 2.42. The average molecular weight is 339 g/mol. The summed E-state index contributed by atoms with van der Waals surface area (Å²) in [7, 11) is 0. The van der Waals surface area contributed by atoms with E-state index in [-0.39, 0.29) is 21.4 Å². The first-order valence-electron chi connectivity index (χ1n) is 5.65. The lowest BCUT2D eigenvalue weighted by atomic mass is 10.0. The van der Waals surface area contributed by atoms with Gasteiger partial charge in [-0.2, -0.15) is 5.26 Å². The molecule has 0 amide bonds. The van der Waals surface area contributed by atoms with Crippen LogP contribution in [0.1, 0.15) is 5.56 Å². The molecule has 2 N–H and O–H groups in total. The lowest BCUT2D eigenvalue weighted by Crippen LogP contribution is -2.15. The predicted octanol–water partition coefficient (Wildman–Crippen LogP) is 2.30. The molecule has 0 unspecified atom stereocenters. The largest absolute Gasteiger partial charge is 0.507 e. The van der Waals surface area contributed by atoms with E-state index >= 15 is 0 Å². The van der Waals surface area contributed by atoms with Gasteiger partial charge in [0.25, 0.3) is 5.56 Å². The summed E-state index contributed by atoms with van der Waals surface area (Å²) in [5.74, 6) is -0.502. The van der Waals surface area contributed by atoms with Gasteiger partial charge in [0.2, 0.25) is 0 Å². The third kappa shape index (κ3) is 2.61. The van der Waals surface area contributed by atoms with E-state index in [4.69, 9.17) is 16.9 Å². The highest BCUT2D eigenvalue weighted by atomic mass is 35.5. The molecule has 0 saturated heterocycles. The summed E-state index contributed by atoms with van der Waals surface area (Å²) in [4.78, 5) is 28.7. The Hall–Kier alpha value is -2.57. The van der Waals surface area contributed by atoms with Crippen LogP contribution in [0.25, 0.3) is 11.3 Å². The van der Waals surface area contributed by atoms with Crippen LogP contribution in [0.15, 0.2) is 22.1 Å². The van der Waals surface area contributed by atoms with E-state index in [2.05, 4.69) is 9.97 Å². The Morgan fingerprint density at radius 2 is 2.23 bits per heavy atom. The molecule has 0 aliphatic rings. The molecule has 0 saturated carbocycles. The summed E-state index contributed by atoms with van der Waals surface area (Å²) in [6.45, 7) is 0. The number of aromatic hydroxyl groups is 1. The molecule has 112 valence electrons. The first-order valence-corrected chi connectivity index (χ1v) is 7.25. The number of nitro groups is 1. The standard InChI is InChI=1S/C12H7ClN4O4S/c1-22-12-15-9(5(4-14)11(19)16-12)8-7(18)3-2-6(13)10(8)17(20)21/h2-3,18H,1H3,(H,15,16,19). The van der Waals surface area contributed by atoms with Gasteiger partial charge in [0.1, 0.15) is 33.7 Å². The maximum absolute atomic E-state index is 11.9. The van der Waals surface area contributed by atoms with Gasteiger partial charge in [0.15, 0.2) is 5.16 Å². The number of rotatable bonds is 3. The van der Waals surface area contributed by atoms with Crippen molar-refractivity contribution in [3.63, 3.8) is 0 Å². The lowest BCUT2D eigenvalue weighted by Gasteiger charge is -2.08. The molecule has 8 nitrogen and oxygen atoms in total. The van der Waals surface area contributed by atoms with Crippen molar-refractivity contribution in [2.45, 2.75) is 5.16 Å². The highest BCUT2D eigenvalue weighted by Gasteiger charge is 2.28.